The van der Waals surface area contributed by atoms with E-state index in [4.69, 9.17) is 27.9 Å². The highest BCUT2D eigenvalue weighted by Crippen LogP contribution is 2.53. The lowest BCUT2D eigenvalue weighted by atomic mass is 9.64. The van der Waals surface area contributed by atoms with Crippen LogP contribution in [0.3, 0.4) is 0 Å². The first-order chi connectivity index (χ1) is 18.7. The van der Waals surface area contributed by atoms with Crippen LogP contribution in [-0.2, 0) is 14.4 Å². The van der Waals surface area contributed by atoms with E-state index in [1.54, 1.807) is 30.3 Å². The molecule has 1 N–H and O–H groups in total. The summed E-state index contributed by atoms with van der Waals surface area (Å²) < 4.78 is 5.73. The fourth-order valence-electron chi connectivity index (χ4n) is 6.17. The summed E-state index contributed by atoms with van der Waals surface area (Å²) in [6.07, 6.45) is 2.46. The number of anilines is 1. The zero-order chi connectivity index (χ0) is 29.0. The van der Waals surface area contributed by atoms with Gasteiger partial charge in [-0.05, 0) is 59.6 Å². The van der Waals surface area contributed by atoms with Crippen LogP contribution in [0, 0.1) is 10.8 Å². The van der Waals surface area contributed by atoms with Crippen LogP contribution in [0.1, 0.15) is 64.9 Å². The summed E-state index contributed by atoms with van der Waals surface area (Å²) in [6.45, 7) is 8.31. The number of ether oxygens (including phenoxy) is 1. The van der Waals surface area contributed by atoms with Gasteiger partial charge in [0.25, 0.3) is 5.91 Å². The van der Waals surface area contributed by atoms with E-state index in [-0.39, 0.29) is 34.9 Å². The smallest absolute Gasteiger partial charge is 0.262 e. The third kappa shape index (κ3) is 5.57. The molecule has 0 fully saturated rings. The summed E-state index contributed by atoms with van der Waals surface area (Å²) in [5.41, 5.74) is 4.64. The van der Waals surface area contributed by atoms with Crippen LogP contribution in [0.25, 0.3) is 0 Å². The van der Waals surface area contributed by atoms with Gasteiger partial charge in [-0.3, -0.25) is 14.4 Å². The number of hydrogen-bond acceptors (Lipinski definition) is 5. The molecule has 0 spiro atoms. The number of Topliss-reactive ketones (excluding diaryl/α,β-unsaturated/α-hetero) is 2. The number of carbonyl (C=O) groups excluding carboxylic acids is 3. The molecule has 0 unspecified atom stereocenters. The number of rotatable bonds is 5. The molecule has 3 aliphatic rings. The van der Waals surface area contributed by atoms with Crippen LogP contribution in [0.2, 0.25) is 10.0 Å². The first kappa shape index (κ1) is 28.4. The minimum absolute atomic E-state index is 0.103. The van der Waals surface area contributed by atoms with Gasteiger partial charge in [-0.25, -0.2) is 0 Å². The average Bonchev–Trinajstić information content (AvgIpc) is 2.85. The molecule has 40 heavy (non-hydrogen) atoms. The van der Waals surface area contributed by atoms with Crippen LogP contribution < -0.4 is 10.1 Å². The lowest BCUT2D eigenvalue weighted by molar-refractivity contribution is -0.120. The van der Waals surface area contributed by atoms with Crippen molar-refractivity contribution in [2.45, 2.75) is 59.3 Å². The Kier molecular flexibility index (Phi) is 7.38. The average molecular weight is 582 g/mol. The molecule has 2 aromatic rings. The molecule has 0 bridgehead atoms. The van der Waals surface area contributed by atoms with Gasteiger partial charge in [0.1, 0.15) is 5.75 Å². The standard InChI is InChI=1S/C32H34Cl2N2O4/c1-31(2)13-23-29(25(37)15-31)28(30-24(36(23)5)14-32(3,4)16-26(30)38)18-6-9-20(10-7-18)40-17-27(39)35-19-8-11-21(33)22(34)12-19/h6-12,28H,13-17H2,1-5H3,(H,35,39). The van der Waals surface area contributed by atoms with Crippen molar-refractivity contribution in [3.8, 4) is 5.75 Å². The number of halogens is 2. The molecule has 1 aliphatic heterocycles. The maximum atomic E-state index is 13.6. The van der Waals surface area contributed by atoms with Gasteiger partial charge in [0.15, 0.2) is 18.2 Å². The minimum Gasteiger partial charge on any atom is -0.484 e. The zero-order valence-corrected chi connectivity index (χ0v) is 25.0. The van der Waals surface area contributed by atoms with Crippen molar-refractivity contribution in [2.75, 3.05) is 19.0 Å². The summed E-state index contributed by atoms with van der Waals surface area (Å²) >= 11 is 12.0. The van der Waals surface area contributed by atoms with Crippen molar-refractivity contribution in [3.05, 3.63) is 80.6 Å². The molecule has 0 aromatic heterocycles. The van der Waals surface area contributed by atoms with Gasteiger partial charge < -0.3 is 15.0 Å². The van der Waals surface area contributed by atoms with Crippen molar-refractivity contribution in [1.29, 1.82) is 0 Å². The molecule has 1 heterocycles. The van der Waals surface area contributed by atoms with E-state index in [9.17, 15) is 14.4 Å². The molecule has 0 saturated carbocycles. The Labute approximate surface area is 245 Å². The van der Waals surface area contributed by atoms with E-state index < -0.39 is 5.92 Å². The molecule has 6 nitrogen and oxygen atoms in total. The first-order valence-electron chi connectivity index (χ1n) is 13.5. The number of nitrogens with one attached hydrogen (secondary N) is 1. The molecule has 2 aliphatic carbocycles. The van der Waals surface area contributed by atoms with Gasteiger partial charge in [0.2, 0.25) is 0 Å². The second-order valence-electron chi connectivity index (χ2n) is 12.6. The van der Waals surface area contributed by atoms with Gasteiger partial charge in [-0.2, -0.15) is 0 Å². The van der Waals surface area contributed by atoms with Crippen molar-refractivity contribution in [1.82, 2.24) is 4.90 Å². The van der Waals surface area contributed by atoms with E-state index >= 15 is 0 Å². The summed E-state index contributed by atoms with van der Waals surface area (Å²) in [5, 5.41) is 3.49. The number of carbonyl (C=O) groups is 3. The lowest BCUT2D eigenvalue weighted by Crippen LogP contribution is -2.43. The predicted molar refractivity (Wildman–Crippen MR) is 158 cm³/mol. The van der Waals surface area contributed by atoms with E-state index in [1.807, 2.05) is 19.2 Å². The SMILES string of the molecule is CN1C2=C(C(=O)CC(C)(C)C2)C(c2ccc(OCC(=O)Nc3ccc(Cl)c(Cl)c3)cc2)C2=C1CC(C)(C)CC2=O. The molecule has 5 rings (SSSR count). The Morgan fingerprint density at radius 1 is 0.875 bits per heavy atom. The van der Waals surface area contributed by atoms with E-state index in [0.29, 0.717) is 34.3 Å². The molecule has 210 valence electrons. The number of benzene rings is 2. The second kappa shape index (κ2) is 10.4. The highest BCUT2D eigenvalue weighted by Gasteiger charge is 2.48. The number of allylic oxidation sites excluding steroid dienone is 4. The molecule has 0 radical (unpaired) electrons. The predicted octanol–water partition coefficient (Wildman–Crippen LogP) is 7.33. The Bertz CT molecular complexity index is 1420. The maximum absolute atomic E-state index is 13.6. The minimum atomic E-state index is -0.402. The molecule has 0 saturated heterocycles. The van der Waals surface area contributed by atoms with Crippen molar-refractivity contribution in [3.63, 3.8) is 0 Å². The maximum Gasteiger partial charge on any atom is 0.262 e. The molecular formula is C32H34Cl2N2O4. The number of amides is 1. The first-order valence-corrected chi connectivity index (χ1v) is 14.2. The topological polar surface area (TPSA) is 75.7 Å². The van der Waals surface area contributed by atoms with Gasteiger partial charge >= 0.3 is 0 Å². The highest BCUT2D eigenvalue weighted by molar-refractivity contribution is 6.42. The fraction of sp³-hybridized carbons (Fsp3) is 0.406. The van der Waals surface area contributed by atoms with Gasteiger partial charge in [0, 0.05) is 54.0 Å². The number of hydrogen-bond donors (Lipinski definition) is 1. The second-order valence-corrected chi connectivity index (χ2v) is 13.4. The summed E-state index contributed by atoms with van der Waals surface area (Å²) in [5.74, 6) is -0.0247. The summed E-state index contributed by atoms with van der Waals surface area (Å²) in [7, 11) is 2.00. The molecule has 2 aromatic carbocycles. The Hall–Kier alpha value is -3.09. The Morgan fingerprint density at radius 2 is 1.43 bits per heavy atom. The third-order valence-corrected chi connectivity index (χ3v) is 8.71. The van der Waals surface area contributed by atoms with Crippen molar-refractivity contribution >= 4 is 46.4 Å². The highest BCUT2D eigenvalue weighted by atomic mass is 35.5. The van der Waals surface area contributed by atoms with Crippen LogP contribution in [0.15, 0.2) is 65.0 Å². The van der Waals surface area contributed by atoms with E-state index in [2.05, 4.69) is 37.9 Å². The third-order valence-electron chi connectivity index (χ3n) is 7.97. The Balaban J connectivity index is 1.41. The lowest BCUT2D eigenvalue weighted by Gasteiger charge is -2.47. The van der Waals surface area contributed by atoms with E-state index in [1.165, 1.54) is 0 Å². The number of nitrogens with zero attached hydrogens (tertiary/aromatic N) is 1. The van der Waals surface area contributed by atoms with Crippen molar-refractivity contribution < 1.29 is 19.1 Å². The zero-order valence-electron chi connectivity index (χ0n) is 23.5. The van der Waals surface area contributed by atoms with Crippen molar-refractivity contribution in [2.24, 2.45) is 10.8 Å². The van der Waals surface area contributed by atoms with Crippen LogP contribution >= 0.6 is 23.2 Å². The van der Waals surface area contributed by atoms with Crippen LogP contribution in [0.5, 0.6) is 5.75 Å². The largest absolute Gasteiger partial charge is 0.484 e. The molecular weight excluding hydrogens is 547 g/mol. The van der Waals surface area contributed by atoms with Gasteiger partial charge in [0.05, 0.1) is 10.0 Å². The quantitative estimate of drug-likeness (QED) is 0.400. The molecule has 0 atom stereocenters. The van der Waals surface area contributed by atoms with Crippen LogP contribution in [-0.4, -0.2) is 36.0 Å². The fourth-order valence-corrected chi connectivity index (χ4v) is 6.47. The normalized spacial score (nSPS) is 20.3. The molecule has 8 heteroatoms. The van der Waals surface area contributed by atoms with Gasteiger partial charge in [-0.15, -0.1) is 0 Å². The monoisotopic (exact) mass is 580 g/mol. The molecule has 1 amide bonds. The summed E-state index contributed by atoms with van der Waals surface area (Å²) in [4.78, 5) is 41.8. The van der Waals surface area contributed by atoms with Gasteiger partial charge in [-0.1, -0.05) is 63.0 Å². The number of ketones is 2. The summed E-state index contributed by atoms with van der Waals surface area (Å²) in [6, 6.07) is 12.2. The van der Waals surface area contributed by atoms with E-state index in [0.717, 1.165) is 40.9 Å². The Morgan fingerprint density at radius 3 is 1.95 bits per heavy atom. The van der Waals surface area contributed by atoms with Crippen LogP contribution in [0.4, 0.5) is 5.69 Å².